The Balaban J connectivity index is 1.68. The van der Waals surface area contributed by atoms with Gasteiger partial charge in [-0.3, -0.25) is 9.78 Å². The van der Waals surface area contributed by atoms with Crippen molar-refractivity contribution in [3.05, 3.63) is 42.4 Å². The van der Waals surface area contributed by atoms with E-state index in [4.69, 9.17) is 4.74 Å². The van der Waals surface area contributed by atoms with Crippen molar-refractivity contribution >= 4 is 11.7 Å². The maximum atomic E-state index is 12.1. The molecule has 1 aliphatic heterocycles. The van der Waals surface area contributed by atoms with Gasteiger partial charge in [-0.1, -0.05) is 0 Å². The molecule has 3 rings (SSSR count). The minimum absolute atomic E-state index is 0.178. The van der Waals surface area contributed by atoms with Crippen LogP contribution in [0.2, 0.25) is 0 Å². The minimum atomic E-state index is -0.178. The molecule has 1 amide bonds. The number of aromatic nitrogens is 3. The first-order valence-corrected chi connectivity index (χ1v) is 6.64. The molecule has 2 aromatic rings. The number of ether oxygens (including phenoxy) is 1. The fraction of sp³-hybridized carbons (Fsp3) is 0.357. The lowest BCUT2D eigenvalue weighted by Crippen LogP contribution is -2.18. The van der Waals surface area contributed by atoms with Crippen molar-refractivity contribution in [2.24, 2.45) is 5.92 Å². The van der Waals surface area contributed by atoms with E-state index in [1.54, 1.807) is 36.8 Å². The number of anilines is 1. The monoisotopic (exact) mass is 272 g/mol. The Morgan fingerprint density at radius 3 is 3.15 bits per heavy atom. The van der Waals surface area contributed by atoms with Crippen LogP contribution >= 0.6 is 0 Å². The zero-order valence-corrected chi connectivity index (χ0v) is 11.0. The van der Waals surface area contributed by atoms with E-state index in [0.29, 0.717) is 17.3 Å². The van der Waals surface area contributed by atoms with Crippen LogP contribution in [-0.2, 0) is 11.3 Å². The van der Waals surface area contributed by atoms with E-state index in [1.165, 1.54) is 0 Å². The van der Waals surface area contributed by atoms with Crippen LogP contribution in [0, 0.1) is 5.92 Å². The molecule has 20 heavy (non-hydrogen) atoms. The zero-order valence-electron chi connectivity index (χ0n) is 11.0. The highest BCUT2D eigenvalue weighted by molar-refractivity contribution is 6.03. The second kappa shape index (κ2) is 5.83. The highest BCUT2D eigenvalue weighted by Crippen LogP contribution is 2.17. The smallest absolute Gasteiger partial charge is 0.258 e. The molecule has 0 aliphatic carbocycles. The topological polar surface area (TPSA) is 69.0 Å². The predicted octanol–water partition coefficient (Wildman–Crippen LogP) is 1.57. The van der Waals surface area contributed by atoms with Crippen molar-refractivity contribution in [2.75, 3.05) is 18.5 Å². The van der Waals surface area contributed by atoms with Crippen molar-refractivity contribution in [3.8, 4) is 0 Å². The van der Waals surface area contributed by atoms with E-state index in [-0.39, 0.29) is 5.91 Å². The van der Waals surface area contributed by atoms with Gasteiger partial charge in [-0.05, 0) is 18.6 Å². The van der Waals surface area contributed by atoms with Crippen LogP contribution in [-0.4, -0.2) is 33.9 Å². The van der Waals surface area contributed by atoms with E-state index in [9.17, 15) is 4.79 Å². The molecule has 0 saturated carbocycles. The first-order chi connectivity index (χ1) is 9.83. The second-order valence-electron chi connectivity index (χ2n) is 4.82. The lowest BCUT2D eigenvalue weighted by molar-refractivity contribution is 0.102. The van der Waals surface area contributed by atoms with Crippen molar-refractivity contribution in [2.45, 2.75) is 13.0 Å². The van der Waals surface area contributed by atoms with Crippen LogP contribution in [0.4, 0.5) is 5.82 Å². The summed E-state index contributed by atoms with van der Waals surface area (Å²) in [6.07, 6.45) is 5.91. The number of amides is 1. The third-order valence-corrected chi connectivity index (χ3v) is 3.34. The van der Waals surface area contributed by atoms with Gasteiger partial charge in [0.05, 0.1) is 18.4 Å². The molecule has 0 aromatic carbocycles. The molecule has 0 bridgehead atoms. The van der Waals surface area contributed by atoms with Gasteiger partial charge in [-0.15, -0.1) is 0 Å². The normalized spacial score (nSPS) is 18.1. The number of rotatable bonds is 4. The van der Waals surface area contributed by atoms with Crippen molar-refractivity contribution in [1.29, 1.82) is 0 Å². The van der Waals surface area contributed by atoms with Crippen LogP contribution < -0.4 is 5.32 Å². The number of carbonyl (C=O) groups excluding carboxylic acids is 1. The summed E-state index contributed by atoms with van der Waals surface area (Å²) in [4.78, 5) is 16.0. The maximum absolute atomic E-state index is 12.1. The molecule has 0 unspecified atom stereocenters. The van der Waals surface area contributed by atoms with Gasteiger partial charge in [-0.2, -0.15) is 5.10 Å². The number of nitrogens with zero attached hydrogens (tertiary/aromatic N) is 3. The van der Waals surface area contributed by atoms with E-state index in [0.717, 1.165) is 26.2 Å². The molecule has 1 fully saturated rings. The van der Waals surface area contributed by atoms with Crippen LogP contribution in [0.25, 0.3) is 0 Å². The van der Waals surface area contributed by atoms with Gasteiger partial charge in [0.2, 0.25) is 0 Å². The van der Waals surface area contributed by atoms with E-state index in [1.807, 2.05) is 4.68 Å². The molecule has 1 atom stereocenters. The predicted molar refractivity (Wildman–Crippen MR) is 73.3 cm³/mol. The molecule has 3 heterocycles. The largest absolute Gasteiger partial charge is 0.381 e. The van der Waals surface area contributed by atoms with Gasteiger partial charge in [-0.25, -0.2) is 4.68 Å². The molecule has 6 nitrogen and oxygen atoms in total. The Bertz CT molecular complexity index is 576. The first-order valence-electron chi connectivity index (χ1n) is 6.64. The fourth-order valence-corrected chi connectivity index (χ4v) is 2.24. The van der Waals surface area contributed by atoms with Gasteiger partial charge >= 0.3 is 0 Å². The summed E-state index contributed by atoms with van der Waals surface area (Å²) >= 11 is 0. The summed E-state index contributed by atoms with van der Waals surface area (Å²) in [6, 6.07) is 5.26. The quantitative estimate of drug-likeness (QED) is 0.917. The summed E-state index contributed by atoms with van der Waals surface area (Å²) in [5, 5.41) is 7.12. The number of hydrogen-bond donors (Lipinski definition) is 1. The number of hydrogen-bond acceptors (Lipinski definition) is 4. The summed E-state index contributed by atoms with van der Waals surface area (Å²) in [7, 11) is 0. The Labute approximate surface area is 116 Å². The molecule has 1 N–H and O–H groups in total. The van der Waals surface area contributed by atoms with Crippen LogP contribution in [0.3, 0.4) is 0 Å². The SMILES string of the molecule is O=C(Nc1ccnn1C[C@@H]1CCOC1)c1cccnc1. The van der Waals surface area contributed by atoms with E-state index in [2.05, 4.69) is 15.4 Å². The third-order valence-electron chi connectivity index (χ3n) is 3.34. The molecule has 0 spiro atoms. The number of pyridine rings is 1. The average Bonchev–Trinajstić information content (AvgIpc) is 3.13. The molecule has 2 aromatic heterocycles. The van der Waals surface area contributed by atoms with E-state index < -0.39 is 0 Å². The van der Waals surface area contributed by atoms with Crippen LogP contribution in [0.5, 0.6) is 0 Å². The van der Waals surface area contributed by atoms with Crippen LogP contribution in [0.1, 0.15) is 16.8 Å². The third kappa shape index (κ3) is 2.85. The Hall–Kier alpha value is -2.21. The first kappa shape index (κ1) is 12.8. The van der Waals surface area contributed by atoms with Gasteiger partial charge < -0.3 is 10.1 Å². The highest BCUT2D eigenvalue weighted by atomic mass is 16.5. The standard InChI is InChI=1S/C14H16N4O2/c19-14(12-2-1-5-15-8-12)17-13-3-6-16-18(13)9-11-4-7-20-10-11/h1-3,5-6,8,11H,4,7,9-10H2,(H,17,19)/t11-/m0/s1. The summed E-state index contributed by atoms with van der Waals surface area (Å²) < 4.78 is 7.17. The van der Waals surface area contributed by atoms with Gasteiger partial charge in [0.1, 0.15) is 5.82 Å². The molecule has 1 saturated heterocycles. The number of nitrogens with one attached hydrogen (secondary N) is 1. The van der Waals surface area contributed by atoms with Gasteiger partial charge in [0.25, 0.3) is 5.91 Å². The van der Waals surface area contributed by atoms with Crippen molar-refractivity contribution in [1.82, 2.24) is 14.8 Å². The van der Waals surface area contributed by atoms with Gasteiger partial charge in [0.15, 0.2) is 0 Å². The van der Waals surface area contributed by atoms with Crippen molar-refractivity contribution in [3.63, 3.8) is 0 Å². The Morgan fingerprint density at radius 2 is 2.40 bits per heavy atom. The summed E-state index contributed by atoms with van der Waals surface area (Å²) in [6.45, 7) is 2.33. The molecular weight excluding hydrogens is 256 g/mol. The second-order valence-corrected chi connectivity index (χ2v) is 4.82. The number of carbonyl (C=O) groups is 1. The molecular formula is C14H16N4O2. The summed E-state index contributed by atoms with van der Waals surface area (Å²) in [5.74, 6) is 0.984. The van der Waals surface area contributed by atoms with Gasteiger partial charge in [0, 0.05) is 37.5 Å². The highest BCUT2D eigenvalue weighted by Gasteiger charge is 2.18. The minimum Gasteiger partial charge on any atom is -0.381 e. The molecule has 6 heteroatoms. The lowest BCUT2D eigenvalue weighted by atomic mass is 10.1. The molecule has 104 valence electrons. The fourth-order valence-electron chi connectivity index (χ4n) is 2.24. The lowest BCUT2D eigenvalue weighted by Gasteiger charge is -2.12. The Kier molecular flexibility index (Phi) is 3.73. The van der Waals surface area contributed by atoms with E-state index >= 15 is 0 Å². The molecule has 1 aliphatic rings. The molecule has 0 radical (unpaired) electrons. The van der Waals surface area contributed by atoms with Crippen molar-refractivity contribution < 1.29 is 9.53 Å². The van der Waals surface area contributed by atoms with Crippen LogP contribution in [0.15, 0.2) is 36.8 Å². The summed E-state index contributed by atoms with van der Waals surface area (Å²) in [5.41, 5.74) is 0.532. The zero-order chi connectivity index (χ0) is 13.8. The average molecular weight is 272 g/mol. The maximum Gasteiger partial charge on any atom is 0.258 e. The Morgan fingerprint density at radius 1 is 1.45 bits per heavy atom.